The molecule has 1 aliphatic heterocycles. The Morgan fingerprint density at radius 2 is 2.26 bits per heavy atom. The molecule has 2 aliphatic rings. The van der Waals surface area contributed by atoms with Crippen molar-refractivity contribution >= 4 is 0 Å². The quantitative estimate of drug-likeness (QED) is 0.906. The highest BCUT2D eigenvalue weighted by atomic mass is 16.5. The lowest BCUT2D eigenvalue weighted by Gasteiger charge is -2.05. The normalized spacial score (nSPS) is 35.1. The molecule has 5 nitrogen and oxygen atoms in total. The van der Waals surface area contributed by atoms with Crippen molar-refractivity contribution in [3.63, 3.8) is 0 Å². The van der Waals surface area contributed by atoms with Crippen LogP contribution < -0.4 is 5.32 Å². The van der Waals surface area contributed by atoms with Crippen molar-refractivity contribution in [3.8, 4) is 0 Å². The molecule has 19 heavy (non-hydrogen) atoms. The average Bonchev–Trinajstić information content (AvgIpc) is 3.16. The van der Waals surface area contributed by atoms with E-state index in [1.165, 1.54) is 25.7 Å². The lowest BCUT2D eigenvalue weighted by atomic mass is 10.0. The van der Waals surface area contributed by atoms with Gasteiger partial charge < -0.3 is 14.6 Å². The average molecular weight is 265 g/mol. The van der Waals surface area contributed by atoms with E-state index >= 15 is 0 Å². The van der Waals surface area contributed by atoms with Crippen molar-refractivity contribution in [1.29, 1.82) is 0 Å². The number of hydrogen-bond acceptors (Lipinski definition) is 5. The Morgan fingerprint density at radius 1 is 1.37 bits per heavy atom. The van der Waals surface area contributed by atoms with Crippen LogP contribution in [0.1, 0.15) is 62.7 Å². The van der Waals surface area contributed by atoms with Crippen LogP contribution in [0.3, 0.4) is 0 Å². The predicted octanol–water partition coefficient (Wildman–Crippen LogP) is 2.41. The third-order valence-corrected chi connectivity index (χ3v) is 4.66. The summed E-state index contributed by atoms with van der Waals surface area (Å²) in [4.78, 5) is 4.62. The third kappa shape index (κ3) is 2.67. The van der Waals surface area contributed by atoms with E-state index in [0.717, 1.165) is 30.6 Å². The smallest absolute Gasteiger partial charge is 0.243 e. The number of hydrogen-bond donors (Lipinski definition) is 1. The molecule has 106 valence electrons. The number of rotatable bonds is 4. The fraction of sp³-hybridized carbons (Fsp3) is 0.857. The molecule has 1 saturated carbocycles. The molecule has 5 heteroatoms. The highest BCUT2D eigenvalue weighted by Crippen LogP contribution is 2.38. The molecule has 1 N–H and O–H groups in total. The van der Waals surface area contributed by atoms with Gasteiger partial charge >= 0.3 is 0 Å². The van der Waals surface area contributed by atoms with Crippen LogP contribution in [0.2, 0.25) is 0 Å². The Kier molecular flexibility index (Phi) is 3.84. The molecule has 4 unspecified atom stereocenters. The first-order valence-corrected chi connectivity index (χ1v) is 7.39. The zero-order valence-electron chi connectivity index (χ0n) is 11.8. The summed E-state index contributed by atoms with van der Waals surface area (Å²) in [5.41, 5.74) is 0. The lowest BCUT2D eigenvalue weighted by molar-refractivity contribution is 0.116. The van der Waals surface area contributed by atoms with Crippen molar-refractivity contribution in [1.82, 2.24) is 15.5 Å². The SMILES string of the molecule is CCC1CCC(c2noc(C3CC(OC)CN3)n2)C1. The van der Waals surface area contributed by atoms with Gasteiger partial charge in [-0.3, -0.25) is 0 Å². The summed E-state index contributed by atoms with van der Waals surface area (Å²) in [6.45, 7) is 3.13. The molecule has 2 heterocycles. The first kappa shape index (κ1) is 13.1. The van der Waals surface area contributed by atoms with Crippen LogP contribution in [-0.4, -0.2) is 29.9 Å². The zero-order valence-corrected chi connectivity index (χ0v) is 11.8. The van der Waals surface area contributed by atoms with Crippen molar-refractivity contribution in [2.75, 3.05) is 13.7 Å². The molecule has 0 amide bonds. The second kappa shape index (κ2) is 5.59. The van der Waals surface area contributed by atoms with Gasteiger partial charge in [0.25, 0.3) is 0 Å². The van der Waals surface area contributed by atoms with E-state index in [1.807, 2.05) is 0 Å². The predicted molar refractivity (Wildman–Crippen MR) is 70.8 cm³/mol. The van der Waals surface area contributed by atoms with Crippen molar-refractivity contribution < 1.29 is 9.26 Å². The molecule has 0 aromatic carbocycles. The molecule has 3 rings (SSSR count). The standard InChI is InChI=1S/C14H23N3O2/c1-3-9-4-5-10(6-9)13-16-14(19-17-13)12-7-11(18-2)8-15-12/h9-12,15H,3-8H2,1-2H3. The molecule has 1 aromatic rings. The molecule has 0 bridgehead atoms. The molecule has 4 atom stereocenters. The van der Waals surface area contributed by atoms with Crippen LogP contribution in [-0.2, 0) is 4.74 Å². The summed E-state index contributed by atoms with van der Waals surface area (Å²) in [5, 5.41) is 7.57. The fourth-order valence-electron chi connectivity index (χ4n) is 3.31. The van der Waals surface area contributed by atoms with E-state index in [2.05, 4.69) is 22.4 Å². The van der Waals surface area contributed by atoms with E-state index < -0.39 is 0 Å². The summed E-state index contributed by atoms with van der Waals surface area (Å²) < 4.78 is 10.8. The summed E-state index contributed by atoms with van der Waals surface area (Å²) >= 11 is 0. The largest absolute Gasteiger partial charge is 0.380 e. The van der Waals surface area contributed by atoms with Crippen molar-refractivity contribution in [2.24, 2.45) is 5.92 Å². The van der Waals surface area contributed by atoms with E-state index in [9.17, 15) is 0 Å². The Morgan fingerprint density at radius 3 is 2.95 bits per heavy atom. The van der Waals surface area contributed by atoms with Gasteiger partial charge in [0, 0.05) is 19.6 Å². The monoisotopic (exact) mass is 265 g/mol. The zero-order chi connectivity index (χ0) is 13.2. The van der Waals surface area contributed by atoms with E-state index in [1.54, 1.807) is 7.11 Å². The molecule has 2 fully saturated rings. The summed E-state index contributed by atoms with van der Waals surface area (Å²) in [6, 6.07) is 0.162. The molecule has 0 radical (unpaired) electrons. The van der Waals surface area contributed by atoms with E-state index in [4.69, 9.17) is 9.26 Å². The summed E-state index contributed by atoms with van der Waals surface area (Å²) in [7, 11) is 1.75. The lowest BCUT2D eigenvalue weighted by Crippen LogP contribution is -2.16. The number of aromatic nitrogens is 2. The van der Waals surface area contributed by atoms with E-state index in [0.29, 0.717) is 5.92 Å². The Labute approximate surface area is 114 Å². The van der Waals surface area contributed by atoms with E-state index in [-0.39, 0.29) is 12.1 Å². The highest BCUT2D eigenvalue weighted by molar-refractivity contribution is 5.03. The van der Waals surface area contributed by atoms with Crippen molar-refractivity contribution in [3.05, 3.63) is 11.7 Å². The summed E-state index contributed by atoms with van der Waals surface area (Å²) in [6.07, 6.45) is 6.17. The van der Waals surface area contributed by atoms with Crippen LogP contribution in [0.15, 0.2) is 4.52 Å². The summed E-state index contributed by atoms with van der Waals surface area (Å²) in [5.74, 6) is 2.99. The Bertz CT molecular complexity index is 384. The fourth-order valence-corrected chi connectivity index (χ4v) is 3.31. The molecule has 1 saturated heterocycles. The molecular formula is C14H23N3O2. The number of ether oxygens (including phenoxy) is 1. The maximum absolute atomic E-state index is 5.44. The van der Waals surface area contributed by atoms with Gasteiger partial charge in [0.05, 0.1) is 12.1 Å². The van der Waals surface area contributed by atoms with Crippen LogP contribution in [0.5, 0.6) is 0 Å². The number of methoxy groups -OCH3 is 1. The van der Waals surface area contributed by atoms with Gasteiger partial charge in [0.1, 0.15) is 0 Å². The van der Waals surface area contributed by atoms with Crippen LogP contribution >= 0.6 is 0 Å². The van der Waals surface area contributed by atoms with Gasteiger partial charge in [-0.2, -0.15) is 4.98 Å². The van der Waals surface area contributed by atoms with Gasteiger partial charge in [-0.25, -0.2) is 0 Å². The second-order valence-electron chi connectivity index (χ2n) is 5.83. The molecule has 0 spiro atoms. The Hall–Kier alpha value is -0.940. The maximum atomic E-state index is 5.44. The maximum Gasteiger partial charge on any atom is 0.243 e. The minimum Gasteiger partial charge on any atom is -0.380 e. The third-order valence-electron chi connectivity index (χ3n) is 4.66. The van der Waals surface area contributed by atoms with Gasteiger partial charge in [-0.1, -0.05) is 18.5 Å². The van der Waals surface area contributed by atoms with Gasteiger partial charge in [0.2, 0.25) is 5.89 Å². The van der Waals surface area contributed by atoms with Crippen LogP contribution in [0.25, 0.3) is 0 Å². The van der Waals surface area contributed by atoms with Gasteiger partial charge in [-0.15, -0.1) is 0 Å². The molecule has 1 aromatic heterocycles. The van der Waals surface area contributed by atoms with Gasteiger partial charge in [0.15, 0.2) is 5.82 Å². The molecule has 1 aliphatic carbocycles. The van der Waals surface area contributed by atoms with Crippen molar-refractivity contribution in [2.45, 2.75) is 57.1 Å². The molecular weight excluding hydrogens is 242 g/mol. The first-order valence-electron chi connectivity index (χ1n) is 7.39. The number of nitrogens with one attached hydrogen (secondary N) is 1. The Balaban J connectivity index is 1.64. The van der Waals surface area contributed by atoms with Crippen LogP contribution in [0.4, 0.5) is 0 Å². The highest BCUT2D eigenvalue weighted by Gasteiger charge is 2.32. The second-order valence-corrected chi connectivity index (χ2v) is 5.83. The minimum absolute atomic E-state index is 0.162. The topological polar surface area (TPSA) is 60.2 Å². The minimum atomic E-state index is 0.162. The van der Waals surface area contributed by atoms with Crippen LogP contribution in [0, 0.1) is 5.92 Å². The van der Waals surface area contributed by atoms with Gasteiger partial charge in [-0.05, 0) is 31.6 Å². The first-order chi connectivity index (χ1) is 9.30. The number of nitrogens with zero attached hydrogens (tertiary/aromatic N) is 2.